The van der Waals surface area contributed by atoms with Crippen LogP contribution in [0.5, 0.6) is 0 Å². The number of aromatic amines is 1. The third-order valence-corrected chi connectivity index (χ3v) is 2.70. The largest absolute Gasteiger partial charge is 0.298 e. The molecule has 1 aromatic carbocycles. The Kier molecular flexibility index (Phi) is 2.56. The molecule has 0 spiro atoms. The standard InChI is InChI=1S/C11H10N6O/c18-11-8-3-1-2-4-9(8)12-7-17(11)6-5-10-13-15-16-14-10/h1-4,7H,5-6H2,(H,13,14,15,16). The van der Waals surface area contributed by atoms with Crippen LogP contribution in [0.2, 0.25) is 0 Å². The molecule has 7 nitrogen and oxygen atoms in total. The van der Waals surface area contributed by atoms with Gasteiger partial charge in [0.05, 0.1) is 17.2 Å². The number of aromatic nitrogens is 6. The van der Waals surface area contributed by atoms with Crippen LogP contribution in [0, 0.1) is 0 Å². The van der Waals surface area contributed by atoms with Gasteiger partial charge in [0.1, 0.15) is 0 Å². The highest BCUT2D eigenvalue weighted by Gasteiger charge is 2.04. The molecule has 1 N–H and O–H groups in total. The molecule has 2 heterocycles. The van der Waals surface area contributed by atoms with Crippen molar-refractivity contribution >= 4 is 10.9 Å². The zero-order valence-corrected chi connectivity index (χ0v) is 9.45. The lowest BCUT2D eigenvalue weighted by molar-refractivity contribution is 0.643. The second-order valence-electron chi connectivity index (χ2n) is 3.84. The first-order valence-corrected chi connectivity index (χ1v) is 5.51. The van der Waals surface area contributed by atoms with Crippen LogP contribution >= 0.6 is 0 Å². The second kappa shape index (κ2) is 4.36. The molecule has 0 saturated carbocycles. The van der Waals surface area contributed by atoms with E-state index in [1.54, 1.807) is 17.0 Å². The minimum atomic E-state index is -0.0518. The Bertz CT molecular complexity index is 718. The number of nitrogens with one attached hydrogen (secondary N) is 1. The summed E-state index contributed by atoms with van der Waals surface area (Å²) in [6, 6.07) is 7.28. The smallest absolute Gasteiger partial charge is 0.261 e. The molecule has 2 aromatic heterocycles. The summed E-state index contributed by atoms with van der Waals surface area (Å²) in [5, 5.41) is 14.1. The van der Waals surface area contributed by atoms with Crippen molar-refractivity contribution < 1.29 is 0 Å². The van der Waals surface area contributed by atoms with Crippen molar-refractivity contribution in [3.63, 3.8) is 0 Å². The Balaban J connectivity index is 1.93. The Morgan fingerprint density at radius 3 is 3.00 bits per heavy atom. The normalized spacial score (nSPS) is 10.9. The average Bonchev–Trinajstić information content (AvgIpc) is 2.91. The van der Waals surface area contributed by atoms with Crippen LogP contribution in [0.3, 0.4) is 0 Å². The lowest BCUT2D eigenvalue weighted by atomic mass is 10.2. The van der Waals surface area contributed by atoms with E-state index in [0.717, 1.165) is 0 Å². The fourth-order valence-electron chi connectivity index (χ4n) is 1.77. The van der Waals surface area contributed by atoms with E-state index in [1.807, 2.05) is 18.2 Å². The van der Waals surface area contributed by atoms with Gasteiger partial charge in [0.2, 0.25) is 0 Å². The maximum Gasteiger partial charge on any atom is 0.261 e. The quantitative estimate of drug-likeness (QED) is 0.706. The number of aryl methyl sites for hydroxylation is 2. The predicted molar refractivity (Wildman–Crippen MR) is 63.9 cm³/mol. The Hall–Kier alpha value is -2.57. The average molecular weight is 242 g/mol. The molecule has 3 aromatic rings. The summed E-state index contributed by atoms with van der Waals surface area (Å²) < 4.78 is 1.55. The molecule has 0 aliphatic carbocycles. The van der Waals surface area contributed by atoms with E-state index in [-0.39, 0.29) is 5.56 Å². The van der Waals surface area contributed by atoms with Gasteiger partial charge in [0, 0.05) is 13.0 Å². The van der Waals surface area contributed by atoms with Crippen molar-refractivity contribution in [1.82, 2.24) is 30.2 Å². The third kappa shape index (κ3) is 1.86. The Morgan fingerprint density at radius 2 is 2.17 bits per heavy atom. The van der Waals surface area contributed by atoms with E-state index >= 15 is 0 Å². The number of rotatable bonds is 3. The maximum atomic E-state index is 12.1. The van der Waals surface area contributed by atoms with Gasteiger partial charge >= 0.3 is 0 Å². The SMILES string of the molecule is O=c1c2ccccc2ncn1CCc1nn[nH]n1. The second-order valence-corrected chi connectivity index (χ2v) is 3.84. The number of hydrogen-bond donors (Lipinski definition) is 1. The first-order chi connectivity index (χ1) is 8.84. The van der Waals surface area contributed by atoms with Gasteiger partial charge in [-0.2, -0.15) is 5.21 Å². The van der Waals surface area contributed by atoms with E-state index in [4.69, 9.17) is 0 Å². The molecular formula is C11H10N6O. The molecule has 0 amide bonds. The van der Waals surface area contributed by atoms with Crippen LogP contribution in [0.1, 0.15) is 5.82 Å². The Labute approximate surface area is 101 Å². The minimum Gasteiger partial charge on any atom is -0.298 e. The molecule has 0 unspecified atom stereocenters. The van der Waals surface area contributed by atoms with Crippen LogP contribution in [-0.4, -0.2) is 30.2 Å². The molecular weight excluding hydrogens is 232 g/mol. The van der Waals surface area contributed by atoms with Crippen molar-refractivity contribution in [2.24, 2.45) is 0 Å². The van der Waals surface area contributed by atoms with Crippen LogP contribution < -0.4 is 5.56 Å². The molecule has 0 aliphatic heterocycles. The minimum absolute atomic E-state index is 0.0518. The third-order valence-electron chi connectivity index (χ3n) is 2.70. The van der Waals surface area contributed by atoms with Crippen LogP contribution in [0.25, 0.3) is 10.9 Å². The number of fused-ring (bicyclic) bond motifs is 1. The van der Waals surface area contributed by atoms with Gasteiger partial charge in [-0.3, -0.25) is 9.36 Å². The van der Waals surface area contributed by atoms with E-state index < -0.39 is 0 Å². The van der Waals surface area contributed by atoms with Crippen LogP contribution in [0.15, 0.2) is 35.4 Å². The van der Waals surface area contributed by atoms with Gasteiger partial charge in [0.25, 0.3) is 5.56 Å². The monoisotopic (exact) mass is 242 g/mol. The molecule has 0 fully saturated rings. The van der Waals surface area contributed by atoms with Gasteiger partial charge in [-0.05, 0) is 12.1 Å². The summed E-state index contributed by atoms with van der Waals surface area (Å²) in [6.07, 6.45) is 2.08. The molecule has 0 aliphatic rings. The molecule has 3 rings (SSSR count). The number of benzene rings is 1. The fraction of sp³-hybridized carbons (Fsp3) is 0.182. The van der Waals surface area contributed by atoms with Crippen molar-refractivity contribution in [2.45, 2.75) is 13.0 Å². The van der Waals surface area contributed by atoms with E-state index in [0.29, 0.717) is 29.7 Å². The molecule has 7 heteroatoms. The highest BCUT2D eigenvalue weighted by atomic mass is 16.1. The molecule has 0 bridgehead atoms. The number of para-hydroxylation sites is 1. The number of tetrazole rings is 1. The fourth-order valence-corrected chi connectivity index (χ4v) is 1.77. The summed E-state index contributed by atoms with van der Waals surface area (Å²) in [6.45, 7) is 0.482. The van der Waals surface area contributed by atoms with Crippen molar-refractivity contribution in [3.05, 3.63) is 46.8 Å². The summed E-state index contributed by atoms with van der Waals surface area (Å²) in [7, 11) is 0. The zero-order valence-electron chi connectivity index (χ0n) is 9.45. The van der Waals surface area contributed by atoms with Crippen LogP contribution in [-0.2, 0) is 13.0 Å². The molecule has 18 heavy (non-hydrogen) atoms. The van der Waals surface area contributed by atoms with E-state index in [9.17, 15) is 4.79 Å². The molecule has 0 radical (unpaired) electrons. The topological polar surface area (TPSA) is 89.4 Å². The highest BCUT2D eigenvalue weighted by molar-refractivity contribution is 5.76. The maximum absolute atomic E-state index is 12.1. The van der Waals surface area contributed by atoms with Gasteiger partial charge < -0.3 is 0 Å². The summed E-state index contributed by atoms with van der Waals surface area (Å²) in [5.74, 6) is 0.579. The van der Waals surface area contributed by atoms with E-state index in [2.05, 4.69) is 25.6 Å². The number of hydrogen-bond acceptors (Lipinski definition) is 5. The van der Waals surface area contributed by atoms with Gasteiger partial charge in [0.15, 0.2) is 5.82 Å². The number of H-pyrrole nitrogens is 1. The van der Waals surface area contributed by atoms with Crippen molar-refractivity contribution in [3.8, 4) is 0 Å². The highest BCUT2D eigenvalue weighted by Crippen LogP contribution is 2.04. The molecule has 0 atom stereocenters. The Morgan fingerprint density at radius 1 is 1.28 bits per heavy atom. The lowest BCUT2D eigenvalue weighted by Gasteiger charge is -2.04. The summed E-state index contributed by atoms with van der Waals surface area (Å²) >= 11 is 0. The van der Waals surface area contributed by atoms with E-state index in [1.165, 1.54) is 0 Å². The van der Waals surface area contributed by atoms with Crippen molar-refractivity contribution in [1.29, 1.82) is 0 Å². The zero-order chi connectivity index (χ0) is 12.4. The first kappa shape index (κ1) is 10.6. The molecule has 90 valence electrons. The van der Waals surface area contributed by atoms with Gasteiger partial charge in [-0.25, -0.2) is 4.98 Å². The summed E-state index contributed by atoms with van der Waals surface area (Å²) in [4.78, 5) is 16.4. The molecule has 0 saturated heterocycles. The van der Waals surface area contributed by atoms with Crippen LogP contribution in [0.4, 0.5) is 0 Å². The summed E-state index contributed by atoms with van der Waals surface area (Å²) in [5.41, 5.74) is 0.655. The van der Waals surface area contributed by atoms with Gasteiger partial charge in [-0.15, -0.1) is 10.2 Å². The number of nitrogens with zero attached hydrogens (tertiary/aromatic N) is 5. The first-order valence-electron chi connectivity index (χ1n) is 5.51. The predicted octanol–water partition coefficient (Wildman–Crippen LogP) is 0.152. The lowest BCUT2D eigenvalue weighted by Crippen LogP contribution is -2.21. The van der Waals surface area contributed by atoms with Crippen molar-refractivity contribution in [2.75, 3.05) is 0 Å². The van der Waals surface area contributed by atoms with Gasteiger partial charge in [-0.1, -0.05) is 17.3 Å².